The van der Waals surface area contributed by atoms with Gasteiger partial charge in [0.2, 0.25) is 5.91 Å². The Balaban J connectivity index is 1.78. The first kappa shape index (κ1) is 12.0. The summed E-state index contributed by atoms with van der Waals surface area (Å²) in [5.74, 6) is 0.974. The molecule has 17 heavy (non-hydrogen) atoms. The van der Waals surface area contributed by atoms with Crippen molar-refractivity contribution in [3.8, 4) is 0 Å². The third-order valence-corrected chi connectivity index (χ3v) is 3.35. The lowest BCUT2D eigenvalue weighted by Gasteiger charge is -2.30. The maximum absolute atomic E-state index is 11.9. The van der Waals surface area contributed by atoms with E-state index in [4.69, 9.17) is 0 Å². The molecule has 1 heterocycles. The molecule has 1 aliphatic rings. The number of nitrogens with zero attached hydrogens (tertiary/aromatic N) is 1. The van der Waals surface area contributed by atoms with E-state index in [9.17, 15) is 4.79 Å². The first-order chi connectivity index (χ1) is 8.25. The number of rotatable bonds is 3. The van der Waals surface area contributed by atoms with Crippen LogP contribution in [0.15, 0.2) is 30.3 Å². The monoisotopic (exact) mass is 232 g/mol. The van der Waals surface area contributed by atoms with Crippen LogP contribution in [-0.4, -0.2) is 30.4 Å². The Morgan fingerprint density at radius 1 is 1.29 bits per heavy atom. The number of anilines is 1. The summed E-state index contributed by atoms with van der Waals surface area (Å²) in [5.41, 5.74) is 1.01. The van der Waals surface area contributed by atoms with Gasteiger partial charge in [0.05, 0.1) is 6.54 Å². The van der Waals surface area contributed by atoms with Crippen LogP contribution in [0.4, 0.5) is 5.69 Å². The molecule has 2 rings (SSSR count). The summed E-state index contributed by atoms with van der Waals surface area (Å²) in [7, 11) is 0. The van der Waals surface area contributed by atoms with E-state index < -0.39 is 0 Å². The lowest BCUT2D eigenvalue weighted by molar-refractivity contribution is -0.130. The Bertz CT molecular complexity index is 356. The van der Waals surface area contributed by atoms with E-state index in [0.29, 0.717) is 6.54 Å². The summed E-state index contributed by atoms with van der Waals surface area (Å²) in [6.45, 7) is 4.48. The molecular weight excluding hydrogens is 212 g/mol. The van der Waals surface area contributed by atoms with Gasteiger partial charge in [-0.25, -0.2) is 0 Å². The number of nitrogens with one attached hydrogen (secondary N) is 1. The van der Waals surface area contributed by atoms with Crippen LogP contribution >= 0.6 is 0 Å². The minimum atomic E-state index is 0.209. The molecule has 0 spiro atoms. The second-order valence-electron chi connectivity index (χ2n) is 4.78. The Labute approximate surface area is 103 Å². The summed E-state index contributed by atoms with van der Waals surface area (Å²) in [4.78, 5) is 13.9. The fourth-order valence-corrected chi connectivity index (χ4v) is 2.10. The van der Waals surface area contributed by atoms with Gasteiger partial charge in [0, 0.05) is 18.8 Å². The van der Waals surface area contributed by atoms with Crippen LogP contribution in [0, 0.1) is 5.92 Å². The van der Waals surface area contributed by atoms with Gasteiger partial charge in [0.15, 0.2) is 0 Å². The van der Waals surface area contributed by atoms with Crippen molar-refractivity contribution in [1.29, 1.82) is 0 Å². The van der Waals surface area contributed by atoms with Gasteiger partial charge in [0.1, 0.15) is 0 Å². The molecule has 0 radical (unpaired) electrons. The summed E-state index contributed by atoms with van der Waals surface area (Å²) >= 11 is 0. The molecule has 0 bridgehead atoms. The normalized spacial score (nSPS) is 16.9. The fourth-order valence-electron chi connectivity index (χ4n) is 2.10. The van der Waals surface area contributed by atoms with Gasteiger partial charge in [-0.1, -0.05) is 25.1 Å². The molecule has 0 aromatic heterocycles. The highest BCUT2D eigenvalue weighted by Crippen LogP contribution is 2.16. The lowest BCUT2D eigenvalue weighted by Crippen LogP contribution is -2.40. The highest BCUT2D eigenvalue weighted by atomic mass is 16.2. The van der Waals surface area contributed by atoms with Gasteiger partial charge >= 0.3 is 0 Å². The first-order valence-corrected chi connectivity index (χ1v) is 6.32. The number of carbonyl (C=O) groups excluding carboxylic acids is 1. The Morgan fingerprint density at radius 2 is 1.94 bits per heavy atom. The number of likely N-dealkylation sites (tertiary alicyclic amines) is 1. The van der Waals surface area contributed by atoms with E-state index in [1.165, 1.54) is 0 Å². The number of para-hydroxylation sites is 1. The van der Waals surface area contributed by atoms with Crippen LogP contribution < -0.4 is 5.32 Å². The molecule has 92 valence electrons. The number of piperidine rings is 1. The van der Waals surface area contributed by atoms with Crippen molar-refractivity contribution in [3.63, 3.8) is 0 Å². The van der Waals surface area contributed by atoms with E-state index in [-0.39, 0.29) is 5.91 Å². The second kappa shape index (κ2) is 5.71. The van der Waals surface area contributed by atoms with Crippen molar-refractivity contribution < 1.29 is 4.79 Å². The number of amides is 1. The van der Waals surface area contributed by atoms with E-state index in [1.807, 2.05) is 35.2 Å². The minimum absolute atomic E-state index is 0.209. The van der Waals surface area contributed by atoms with Gasteiger partial charge < -0.3 is 10.2 Å². The summed E-state index contributed by atoms with van der Waals surface area (Å²) in [6, 6.07) is 9.86. The van der Waals surface area contributed by atoms with Gasteiger partial charge in [-0.2, -0.15) is 0 Å². The predicted octanol–water partition coefficient (Wildman–Crippen LogP) is 2.36. The molecule has 3 nitrogen and oxygen atoms in total. The van der Waals surface area contributed by atoms with Crippen LogP contribution in [0.2, 0.25) is 0 Å². The van der Waals surface area contributed by atoms with Crippen LogP contribution in [0.3, 0.4) is 0 Å². The maximum Gasteiger partial charge on any atom is 0.241 e. The number of carbonyl (C=O) groups is 1. The maximum atomic E-state index is 11.9. The van der Waals surface area contributed by atoms with Gasteiger partial charge in [-0.3, -0.25) is 4.79 Å². The summed E-state index contributed by atoms with van der Waals surface area (Å²) in [6.07, 6.45) is 2.27. The molecule has 3 heteroatoms. The van der Waals surface area contributed by atoms with Crippen LogP contribution in [0.25, 0.3) is 0 Å². The average Bonchev–Trinajstić information content (AvgIpc) is 2.38. The largest absolute Gasteiger partial charge is 0.376 e. The molecule has 1 aliphatic heterocycles. The number of hydrogen-bond donors (Lipinski definition) is 1. The second-order valence-corrected chi connectivity index (χ2v) is 4.78. The third-order valence-electron chi connectivity index (χ3n) is 3.35. The molecule has 0 atom stereocenters. The quantitative estimate of drug-likeness (QED) is 0.867. The van der Waals surface area contributed by atoms with Crippen molar-refractivity contribution in [2.24, 2.45) is 5.92 Å². The molecule has 1 N–H and O–H groups in total. The standard InChI is InChI=1S/C14H20N2O/c1-12-7-9-16(10-8-12)14(17)11-15-13-5-3-2-4-6-13/h2-6,12,15H,7-11H2,1H3. The third kappa shape index (κ3) is 3.48. The zero-order chi connectivity index (χ0) is 12.1. The average molecular weight is 232 g/mol. The van der Waals surface area contributed by atoms with Crippen LogP contribution in [-0.2, 0) is 4.79 Å². The Hall–Kier alpha value is -1.51. The molecular formula is C14H20N2O. The summed E-state index contributed by atoms with van der Waals surface area (Å²) in [5, 5.41) is 3.16. The number of hydrogen-bond acceptors (Lipinski definition) is 2. The van der Waals surface area contributed by atoms with Crippen LogP contribution in [0.5, 0.6) is 0 Å². The van der Waals surface area contributed by atoms with Gasteiger partial charge in [0.25, 0.3) is 0 Å². The van der Waals surface area contributed by atoms with Crippen molar-refractivity contribution in [2.75, 3.05) is 25.0 Å². The van der Waals surface area contributed by atoms with Crippen molar-refractivity contribution in [1.82, 2.24) is 4.90 Å². The predicted molar refractivity (Wildman–Crippen MR) is 69.9 cm³/mol. The zero-order valence-electron chi connectivity index (χ0n) is 10.4. The Morgan fingerprint density at radius 3 is 2.59 bits per heavy atom. The summed E-state index contributed by atoms with van der Waals surface area (Å²) < 4.78 is 0. The molecule has 1 aromatic carbocycles. The molecule has 0 saturated carbocycles. The van der Waals surface area contributed by atoms with E-state index in [0.717, 1.165) is 37.5 Å². The van der Waals surface area contributed by atoms with Crippen molar-refractivity contribution in [3.05, 3.63) is 30.3 Å². The van der Waals surface area contributed by atoms with Crippen LogP contribution in [0.1, 0.15) is 19.8 Å². The van der Waals surface area contributed by atoms with Gasteiger partial charge in [-0.15, -0.1) is 0 Å². The number of benzene rings is 1. The van der Waals surface area contributed by atoms with Crippen molar-refractivity contribution >= 4 is 11.6 Å². The van der Waals surface area contributed by atoms with Gasteiger partial charge in [-0.05, 0) is 30.9 Å². The Kier molecular flexibility index (Phi) is 4.02. The smallest absolute Gasteiger partial charge is 0.241 e. The first-order valence-electron chi connectivity index (χ1n) is 6.32. The van der Waals surface area contributed by atoms with E-state index in [1.54, 1.807) is 0 Å². The fraction of sp³-hybridized carbons (Fsp3) is 0.500. The SMILES string of the molecule is CC1CCN(C(=O)CNc2ccccc2)CC1. The minimum Gasteiger partial charge on any atom is -0.376 e. The molecule has 0 aliphatic carbocycles. The highest BCUT2D eigenvalue weighted by molar-refractivity contribution is 5.80. The highest BCUT2D eigenvalue weighted by Gasteiger charge is 2.19. The van der Waals surface area contributed by atoms with E-state index >= 15 is 0 Å². The molecule has 1 aromatic rings. The topological polar surface area (TPSA) is 32.3 Å². The molecule has 0 unspecified atom stereocenters. The molecule has 1 fully saturated rings. The zero-order valence-corrected chi connectivity index (χ0v) is 10.4. The van der Waals surface area contributed by atoms with E-state index in [2.05, 4.69) is 12.2 Å². The van der Waals surface area contributed by atoms with Crippen molar-refractivity contribution in [2.45, 2.75) is 19.8 Å². The lowest BCUT2D eigenvalue weighted by atomic mass is 9.99. The molecule has 1 saturated heterocycles. The molecule has 1 amide bonds.